The Labute approximate surface area is 164 Å². The maximum atomic E-state index is 13.3. The molecule has 0 unspecified atom stereocenters. The van der Waals surface area contributed by atoms with Crippen LogP contribution in [0.3, 0.4) is 0 Å². The number of hydrogen-bond donors (Lipinski definition) is 0. The Hall–Kier alpha value is -1.59. The van der Waals surface area contributed by atoms with Gasteiger partial charge >= 0.3 is 0 Å². The molecule has 0 spiro atoms. The maximum absolute atomic E-state index is 13.3. The first-order valence-electron chi connectivity index (χ1n) is 9.54. The van der Waals surface area contributed by atoms with Crippen LogP contribution in [-0.2, 0) is 6.54 Å². The van der Waals surface area contributed by atoms with Gasteiger partial charge in [-0.15, -0.1) is 11.3 Å². The summed E-state index contributed by atoms with van der Waals surface area (Å²) < 4.78 is 26.6. The molecule has 1 fully saturated rings. The van der Waals surface area contributed by atoms with E-state index < -0.39 is 5.92 Å². The number of piperidine rings is 1. The van der Waals surface area contributed by atoms with Crippen LogP contribution in [-0.4, -0.2) is 29.7 Å². The molecule has 0 radical (unpaired) electrons. The zero-order valence-corrected chi connectivity index (χ0v) is 17.0. The van der Waals surface area contributed by atoms with E-state index in [4.69, 9.17) is 0 Å². The number of carbonyl (C=O) groups is 1. The number of thiophene rings is 1. The molecule has 2 heterocycles. The fourth-order valence-corrected chi connectivity index (χ4v) is 4.27. The minimum absolute atomic E-state index is 0.0468. The molecule has 0 amide bonds. The lowest BCUT2D eigenvalue weighted by molar-refractivity contribution is -0.0564. The third kappa shape index (κ3) is 4.82. The predicted octanol–water partition coefficient (Wildman–Crippen LogP) is 6.27. The van der Waals surface area contributed by atoms with Crippen LogP contribution in [0.2, 0.25) is 0 Å². The minimum atomic E-state index is -2.50. The van der Waals surface area contributed by atoms with Crippen molar-refractivity contribution < 1.29 is 13.6 Å². The van der Waals surface area contributed by atoms with E-state index in [2.05, 4.69) is 17.0 Å². The number of Topliss-reactive ketones (excluding diaryl/α,β-unsaturated/α-hetero) is 1. The Morgan fingerprint density at radius 1 is 1.11 bits per heavy atom. The molecule has 3 rings (SSSR count). The monoisotopic (exact) mass is 391 g/mol. The molecule has 0 saturated carbocycles. The third-order valence-corrected chi connectivity index (χ3v) is 6.68. The second-order valence-electron chi connectivity index (χ2n) is 8.04. The van der Waals surface area contributed by atoms with E-state index in [-0.39, 0.29) is 24.0 Å². The van der Waals surface area contributed by atoms with Gasteiger partial charge in [0.1, 0.15) is 0 Å². The van der Waals surface area contributed by atoms with Crippen LogP contribution in [0, 0.1) is 5.41 Å². The summed E-state index contributed by atoms with van der Waals surface area (Å²) in [6.07, 6.45) is 0.716. The van der Waals surface area contributed by atoms with E-state index in [0.717, 1.165) is 29.0 Å². The van der Waals surface area contributed by atoms with Crippen molar-refractivity contribution in [2.45, 2.75) is 52.5 Å². The van der Waals surface area contributed by atoms with Gasteiger partial charge in [-0.25, -0.2) is 8.78 Å². The molecular weight excluding hydrogens is 364 g/mol. The summed E-state index contributed by atoms with van der Waals surface area (Å²) in [6, 6.07) is 12.0. The number of rotatable bonds is 6. The van der Waals surface area contributed by atoms with Gasteiger partial charge in [-0.1, -0.05) is 45.0 Å². The Morgan fingerprint density at radius 2 is 1.74 bits per heavy atom. The summed E-state index contributed by atoms with van der Waals surface area (Å²) in [4.78, 5) is 17.0. The Morgan fingerprint density at radius 3 is 2.33 bits per heavy atom. The highest BCUT2D eigenvalue weighted by Gasteiger charge is 2.33. The van der Waals surface area contributed by atoms with Gasteiger partial charge in [0.15, 0.2) is 5.78 Å². The van der Waals surface area contributed by atoms with Crippen LogP contribution < -0.4 is 0 Å². The van der Waals surface area contributed by atoms with Crippen molar-refractivity contribution in [2.24, 2.45) is 5.41 Å². The molecule has 0 aliphatic carbocycles. The zero-order valence-electron chi connectivity index (χ0n) is 16.2. The second-order valence-corrected chi connectivity index (χ2v) is 9.21. The predicted molar refractivity (Wildman–Crippen MR) is 108 cm³/mol. The summed E-state index contributed by atoms with van der Waals surface area (Å²) in [7, 11) is 0. The molecule has 27 heavy (non-hydrogen) atoms. The maximum Gasteiger partial charge on any atom is 0.250 e. The molecule has 146 valence electrons. The molecule has 5 heteroatoms. The normalized spacial score (nSPS) is 17.8. The molecule has 1 aromatic carbocycles. The molecule has 1 aliphatic heterocycles. The van der Waals surface area contributed by atoms with Crippen LogP contribution in [0.5, 0.6) is 0 Å². The lowest BCUT2D eigenvalue weighted by Crippen LogP contribution is -2.38. The number of likely N-dealkylation sites (tertiary alicyclic amines) is 1. The van der Waals surface area contributed by atoms with Crippen LogP contribution in [0.25, 0.3) is 10.4 Å². The largest absolute Gasteiger partial charge is 0.298 e. The van der Waals surface area contributed by atoms with Gasteiger partial charge in [-0.3, -0.25) is 9.69 Å². The van der Waals surface area contributed by atoms with Crippen molar-refractivity contribution in [1.82, 2.24) is 4.90 Å². The summed E-state index contributed by atoms with van der Waals surface area (Å²) in [5.74, 6) is -2.33. The van der Waals surface area contributed by atoms with Crippen molar-refractivity contribution in [3.8, 4) is 10.4 Å². The van der Waals surface area contributed by atoms with E-state index in [0.29, 0.717) is 13.1 Å². The fourth-order valence-electron chi connectivity index (χ4n) is 3.21. The molecule has 0 atom stereocenters. The molecule has 1 aliphatic rings. The second kappa shape index (κ2) is 7.80. The minimum Gasteiger partial charge on any atom is -0.298 e. The first kappa shape index (κ1) is 20.2. The first-order valence-corrected chi connectivity index (χ1v) is 10.4. The number of alkyl halides is 2. The van der Waals surface area contributed by atoms with Gasteiger partial charge in [-0.2, -0.15) is 0 Å². The number of carbonyl (C=O) groups excluding carboxylic acids is 1. The first-order chi connectivity index (χ1) is 12.7. The zero-order chi connectivity index (χ0) is 19.7. The average Bonchev–Trinajstić information content (AvgIpc) is 3.11. The quantitative estimate of drug-likeness (QED) is 0.541. The summed E-state index contributed by atoms with van der Waals surface area (Å²) in [5.41, 5.74) is 1.49. The van der Waals surface area contributed by atoms with Crippen molar-refractivity contribution >= 4 is 17.1 Å². The van der Waals surface area contributed by atoms with Crippen molar-refractivity contribution in [2.75, 3.05) is 13.1 Å². The molecule has 1 aromatic heterocycles. The highest BCUT2D eigenvalue weighted by molar-refractivity contribution is 7.15. The SMILES string of the molecule is CCC(C)(C)C(=O)c1ccc(-c2ccc(CN3CCC(F)(F)CC3)s2)cc1. The summed E-state index contributed by atoms with van der Waals surface area (Å²) in [5, 5.41) is 0. The molecule has 0 bridgehead atoms. The van der Waals surface area contributed by atoms with E-state index in [9.17, 15) is 13.6 Å². The summed E-state index contributed by atoms with van der Waals surface area (Å²) in [6.45, 7) is 7.61. The van der Waals surface area contributed by atoms with E-state index in [1.54, 1.807) is 11.3 Å². The summed E-state index contributed by atoms with van der Waals surface area (Å²) >= 11 is 1.69. The smallest absolute Gasteiger partial charge is 0.250 e. The molecular formula is C22H27F2NOS. The van der Waals surface area contributed by atoms with Crippen LogP contribution >= 0.6 is 11.3 Å². The van der Waals surface area contributed by atoms with Gasteiger partial charge in [0.05, 0.1) is 0 Å². The lowest BCUT2D eigenvalue weighted by Gasteiger charge is -2.31. The van der Waals surface area contributed by atoms with E-state index in [1.165, 1.54) is 4.88 Å². The Bertz CT molecular complexity index is 785. The van der Waals surface area contributed by atoms with Crippen molar-refractivity contribution in [3.63, 3.8) is 0 Å². The number of benzene rings is 1. The van der Waals surface area contributed by atoms with E-state index in [1.807, 2.05) is 45.0 Å². The average molecular weight is 392 g/mol. The van der Waals surface area contributed by atoms with Gasteiger partial charge < -0.3 is 0 Å². The molecule has 2 nitrogen and oxygen atoms in total. The highest BCUT2D eigenvalue weighted by Crippen LogP contribution is 2.33. The highest BCUT2D eigenvalue weighted by atomic mass is 32.1. The van der Waals surface area contributed by atoms with E-state index >= 15 is 0 Å². The van der Waals surface area contributed by atoms with Gasteiger partial charge in [0, 0.05) is 53.2 Å². The van der Waals surface area contributed by atoms with Gasteiger partial charge in [0.2, 0.25) is 0 Å². The van der Waals surface area contributed by atoms with Crippen LogP contribution in [0.1, 0.15) is 55.3 Å². The number of halogens is 2. The molecule has 2 aromatic rings. The molecule has 1 saturated heterocycles. The number of ketones is 1. The van der Waals surface area contributed by atoms with Crippen molar-refractivity contribution in [1.29, 1.82) is 0 Å². The third-order valence-electron chi connectivity index (χ3n) is 5.56. The van der Waals surface area contributed by atoms with Gasteiger partial charge in [0.25, 0.3) is 5.92 Å². The van der Waals surface area contributed by atoms with Crippen LogP contribution in [0.15, 0.2) is 36.4 Å². The Balaban J connectivity index is 1.65. The molecule has 0 N–H and O–H groups in total. The lowest BCUT2D eigenvalue weighted by atomic mass is 9.82. The van der Waals surface area contributed by atoms with Crippen molar-refractivity contribution in [3.05, 3.63) is 46.8 Å². The number of hydrogen-bond acceptors (Lipinski definition) is 3. The standard InChI is InChI=1S/C22H27F2NOS/c1-4-21(2,3)20(26)17-7-5-16(6-8-17)19-10-9-18(27-19)15-25-13-11-22(23,24)12-14-25/h5-10H,4,11-15H2,1-3H3. The fraction of sp³-hybridized carbons (Fsp3) is 0.500. The number of nitrogens with zero attached hydrogens (tertiary/aromatic N) is 1. The van der Waals surface area contributed by atoms with Gasteiger partial charge in [-0.05, 0) is 24.1 Å². The topological polar surface area (TPSA) is 20.3 Å². The Kier molecular flexibility index (Phi) is 5.82. The van der Waals surface area contributed by atoms with Crippen LogP contribution in [0.4, 0.5) is 8.78 Å².